The number of hydrogen-bond donors (Lipinski definition) is 1. The number of rotatable bonds is 5. The molecule has 6 heteroatoms. The Morgan fingerprint density at radius 3 is 2.08 bits per heavy atom. The first kappa shape index (κ1) is 28.6. The smallest absolute Gasteiger partial charge is 0.228 e. The molecule has 0 saturated heterocycles. The maximum absolute atomic E-state index is 12.2. The van der Waals surface area contributed by atoms with E-state index >= 15 is 0 Å². The average molecular weight is 538 g/mol. The van der Waals surface area contributed by atoms with Crippen molar-refractivity contribution in [2.24, 2.45) is 0 Å². The number of halogens is 1. The molecule has 2 fully saturated rings. The van der Waals surface area contributed by atoms with Crippen LogP contribution in [0.1, 0.15) is 88.7 Å². The van der Waals surface area contributed by atoms with Crippen LogP contribution >= 0.6 is 11.6 Å². The zero-order chi connectivity index (χ0) is 26.9. The highest BCUT2D eigenvalue weighted by Gasteiger charge is 2.25. The number of amides is 2. The van der Waals surface area contributed by atoms with Crippen LogP contribution in [0, 0.1) is 0 Å². The van der Waals surface area contributed by atoms with Gasteiger partial charge in [0, 0.05) is 41.9 Å². The number of nitrogens with zero attached hydrogens (tertiary/aromatic N) is 2. The summed E-state index contributed by atoms with van der Waals surface area (Å²) in [5.74, 6) is -0.0666. The molecule has 5 nitrogen and oxygen atoms in total. The van der Waals surface area contributed by atoms with Crippen molar-refractivity contribution in [3.8, 4) is 0 Å². The zero-order valence-corrected chi connectivity index (χ0v) is 23.9. The molecule has 2 amide bonds. The molecule has 1 N–H and O–H groups in total. The fraction of sp³-hybridized carbons (Fsp3) is 0.562. The first-order valence-electron chi connectivity index (χ1n) is 14.6. The zero-order valence-electron chi connectivity index (χ0n) is 23.2. The Morgan fingerprint density at radius 1 is 0.895 bits per heavy atom. The average Bonchev–Trinajstić information content (AvgIpc) is 2.94. The summed E-state index contributed by atoms with van der Waals surface area (Å²) in [6.07, 6.45) is 16.9. The van der Waals surface area contributed by atoms with Crippen molar-refractivity contribution in [1.29, 1.82) is 0 Å². The highest BCUT2D eigenvalue weighted by Crippen LogP contribution is 2.31. The highest BCUT2D eigenvalue weighted by atomic mass is 35.5. The molecule has 0 bridgehead atoms. The third-order valence-corrected chi connectivity index (χ3v) is 8.70. The van der Waals surface area contributed by atoms with E-state index in [1.54, 1.807) is 24.0 Å². The van der Waals surface area contributed by atoms with E-state index in [-0.39, 0.29) is 18.2 Å². The van der Waals surface area contributed by atoms with Crippen molar-refractivity contribution in [2.45, 2.75) is 102 Å². The summed E-state index contributed by atoms with van der Waals surface area (Å²) < 4.78 is 0. The van der Waals surface area contributed by atoms with Crippen molar-refractivity contribution in [1.82, 2.24) is 4.90 Å². The molecular formula is C32H44ClN3O2. The Kier molecular flexibility index (Phi) is 10.7. The lowest BCUT2D eigenvalue weighted by Gasteiger charge is -2.39. The molecule has 2 saturated carbocycles. The van der Waals surface area contributed by atoms with Crippen molar-refractivity contribution in [2.75, 3.05) is 23.8 Å². The Morgan fingerprint density at radius 2 is 1.50 bits per heavy atom. The predicted octanol–water partition coefficient (Wildman–Crippen LogP) is 7.40. The van der Waals surface area contributed by atoms with Gasteiger partial charge in [0.2, 0.25) is 11.8 Å². The van der Waals surface area contributed by atoms with E-state index < -0.39 is 0 Å². The second-order valence-corrected chi connectivity index (χ2v) is 11.7. The number of aryl methyl sites for hydroxylation is 1. The summed E-state index contributed by atoms with van der Waals surface area (Å²) >= 11 is 5.85. The van der Waals surface area contributed by atoms with Gasteiger partial charge in [-0.3, -0.25) is 9.59 Å². The molecule has 1 aliphatic heterocycles. The SMILES string of the molecule is CC(=O)N1CCCc2ccc(NC(=O)Cc3ccc(Cl)cc3)cc21.CN(C1CCCCC1)C1CCCCC1. The van der Waals surface area contributed by atoms with Gasteiger partial charge in [-0.05, 0) is 81.0 Å². The van der Waals surface area contributed by atoms with Crippen molar-refractivity contribution >= 4 is 34.8 Å². The molecule has 2 aromatic carbocycles. The van der Waals surface area contributed by atoms with Gasteiger partial charge >= 0.3 is 0 Å². The number of fused-ring (bicyclic) bond motifs is 1. The normalized spacial score (nSPS) is 18.4. The number of anilines is 2. The van der Waals surface area contributed by atoms with Crippen LogP contribution < -0.4 is 10.2 Å². The van der Waals surface area contributed by atoms with Crippen LogP contribution in [-0.4, -0.2) is 42.4 Å². The summed E-state index contributed by atoms with van der Waals surface area (Å²) in [7, 11) is 2.38. The Labute approximate surface area is 233 Å². The first-order valence-corrected chi connectivity index (χ1v) is 15.0. The van der Waals surface area contributed by atoms with Crippen LogP contribution in [0.5, 0.6) is 0 Å². The molecule has 2 aliphatic carbocycles. The molecule has 1 heterocycles. The third-order valence-electron chi connectivity index (χ3n) is 8.45. The summed E-state index contributed by atoms with van der Waals surface area (Å²) in [6.45, 7) is 2.30. The fourth-order valence-electron chi connectivity index (χ4n) is 6.25. The molecule has 3 aliphatic rings. The van der Waals surface area contributed by atoms with E-state index in [9.17, 15) is 9.59 Å². The number of carbonyl (C=O) groups excluding carboxylic acids is 2. The van der Waals surface area contributed by atoms with Crippen LogP contribution in [0.3, 0.4) is 0 Å². The van der Waals surface area contributed by atoms with Crippen LogP contribution in [-0.2, 0) is 22.4 Å². The quantitative estimate of drug-likeness (QED) is 0.432. The molecule has 0 atom stereocenters. The molecule has 5 rings (SSSR count). The van der Waals surface area contributed by atoms with Gasteiger partial charge in [-0.25, -0.2) is 0 Å². The molecule has 0 unspecified atom stereocenters. The minimum atomic E-state index is -0.0949. The Bertz CT molecular complexity index is 1040. The van der Waals surface area contributed by atoms with Gasteiger partial charge in [0.25, 0.3) is 0 Å². The molecule has 0 spiro atoms. The monoisotopic (exact) mass is 537 g/mol. The molecule has 0 radical (unpaired) electrons. The van der Waals surface area contributed by atoms with Gasteiger partial charge in [0.05, 0.1) is 6.42 Å². The van der Waals surface area contributed by atoms with Crippen LogP contribution in [0.25, 0.3) is 0 Å². The fourth-order valence-corrected chi connectivity index (χ4v) is 6.37. The molecule has 38 heavy (non-hydrogen) atoms. The molecule has 0 aromatic heterocycles. The largest absolute Gasteiger partial charge is 0.326 e. The van der Waals surface area contributed by atoms with E-state index in [0.29, 0.717) is 10.7 Å². The van der Waals surface area contributed by atoms with E-state index in [4.69, 9.17) is 11.6 Å². The Balaban J connectivity index is 0.000000204. The summed E-state index contributed by atoms with van der Waals surface area (Å²) in [4.78, 5) is 28.5. The second kappa shape index (κ2) is 14.1. The summed E-state index contributed by atoms with van der Waals surface area (Å²) in [5.41, 5.74) is 3.66. The minimum Gasteiger partial charge on any atom is -0.326 e. The first-order chi connectivity index (χ1) is 18.4. The Hall–Kier alpha value is -2.37. The maximum atomic E-state index is 12.2. The van der Waals surface area contributed by atoms with Crippen molar-refractivity contribution in [3.63, 3.8) is 0 Å². The van der Waals surface area contributed by atoms with Gasteiger partial charge in [-0.2, -0.15) is 0 Å². The van der Waals surface area contributed by atoms with Crippen molar-refractivity contribution in [3.05, 3.63) is 58.6 Å². The topological polar surface area (TPSA) is 52.7 Å². The number of hydrogen-bond acceptors (Lipinski definition) is 3. The van der Waals surface area contributed by atoms with E-state index in [0.717, 1.165) is 48.3 Å². The second-order valence-electron chi connectivity index (χ2n) is 11.2. The van der Waals surface area contributed by atoms with Gasteiger partial charge in [-0.15, -0.1) is 0 Å². The summed E-state index contributed by atoms with van der Waals surface area (Å²) in [6, 6.07) is 14.8. The third kappa shape index (κ3) is 8.07. The van der Waals surface area contributed by atoms with E-state index in [1.807, 2.05) is 30.3 Å². The van der Waals surface area contributed by atoms with Crippen LogP contribution in [0.4, 0.5) is 11.4 Å². The van der Waals surface area contributed by atoms with Gasteiger partial charge in [-0.1, -0.05) is 68.3 Å². The lowest BCUT2D eigenvalue weighted by molar-refractivity contribution is -0.117. The van der Waals surface area contributed by atoms with Gasteiger partial charge in [0.1, 0.15) is 0 Å². The lowest BCUT2D eigenvalue weighted by atomic mass is 9.89. The van der Waals surface area contributed by atoms with Gasteiger partial charge < -0.3 is 15.1 Å². The maximum Gasteiger partial charge on any atom is 0.228 e. The highest BCUT2D eigenvalue weighted by molar-refractivity contribution is 6.30. The van der Waals surface area contributed by atoms with Crippen LogP contribution in [0.15, 0.2) is 42.5 Å². The number of nitrogens with one attached hydrogen (secondary N) is 1. The molecular weight excluding hydrogens is 494 g/mol. The summed E-state index contributed by atoms with van der Waals surface area (Å²) in [5, 5.41) is 3.56. The van der Waals surface area contributed by atoms with Crippen molar-refractivity contribution < 1.29 is 9.59 Å². The van der Waals surface area contributed by atoms with Crippen LogP contribution in [0.2, 0.25) is 5.02 Å². The molecule has 2 aromatic rings. The predicted molar refractivity (Wildman–Crippen MR) is 158 cm³/mol. The van der Waals surface area contributed by atoms with E-state index in [2.05, 4.69) is 17.3 Å². The number of benzene rings is 2. The van der Waals surface area contributed by atoms with E-state index in [1.165, 1.54) is 64.2 Å². The minimum absolute atomic E-state index is 0.0283. The number of carbonyl (C=O) groups is 2. The standard InChI is InChI=1S/C19H19ClN2O2.C13H25N/c1-13(23)22-10-2-3-15-6-9-17(12-18(15)22)21-19(24)11-14-4-7-16(20)8-5-14;1-14(12-8-4-2-5-9-12)13-10-6-3-7-11-13/h4-9,12H,2-3,10-11H2,1H3,(H,21,24);12-13H,2-11H2,1H3. The molecule has 206 valence electrons. The van der Waals surface area contributed by atoms with Gasteiger partial charge in [0.15, 0.2) is 0 Å². The lowest BCUT2D eigenvalue weighted by Crippen LogP contribution is -2.42.